The van der Waals surface area contributed by atoms with Gasteiger partial charge in [0.25, 0.3) is 5.91 Å². The molecule has 2 aromatic rings. The first-order valence-electron chi connectivity index (χ1n) is 6.08. The van der Waals surface area contributed by atoms with Crippen molar-refractivity contribution in [3.8, 4) is 5.75 Å². The average Bonchev–Trinajstić information content (AvgIpc) is 2.36. The summed E-state index contributed by atoms with van der Waals surface area (Å²) in [6.45, 7) is 1.84. The van der Waals surface area contributed by atoms with Crippen molar-refractivity contribution in [2.75, 3.05) is 6.61 Å². The van der Waals surface area contributed by atoms with Crippen LogP contribution in [0.25, 0.3) is 11.0 Å². The molecule has 2 N–H and O–H groups in total. The number of amides is 1. The third-order valence-electron chi connectivity index (χ3n) is 2.70. The van der Waals surface area contributed by atoms with Crippen molar-refractivity contribution in [1.29, 1.82) is 0 Å². The number of carbonyl (C=O) groups is 1. The SMILES string of the molecule is CCCc1cc(=O)oc2cc(OCC(N)=O)ccc12. The molecule has 0 bridgehead atoms. The molecule has 0 aliphatic carbocycles. The molecule has 1 amide bonds. The van der Waals surface area contributed by atoms with Crippen molar-refractivity contribution in [2.45, 2.75) is 19.8 Å². The highest BCUT2D eigenvalue weighted by Crippen LogP contribution is 2.23. The summed E-state index contributed by atoms with van der Waals surface area (Å²) in [6.07, 6.45) is 1.75. The normalized spacial score (nSPS) is 10.6. The van der Waals surface area contributed by atoms with E-state index in [-0.39, 0.29) is 12.2 Å². The minimum Gasteiger partial charge on any atom is -0.484 e. The highest BCUT2D eigenvalue weighted by atomic mass is 16.5. The maximum atomic E-state index is 11.5. The minimum atomic E-state index is -0.554. The van der Waals surface area contributed by atoms with Gasteiger partial charge < -0.3 is 14.9 Å². The Kier molecular flexibility index (Phi) is 3.85. The second kappa shape index (κ2) is 5.56. The largest absolute Gasteiger partial charge is 0.484 e. The molecule has 1 aromatic carbocycles. The van der Waals surface area contributed by atoms with Crippen LogP contribution in [-0.4, -0.2) is 12.5 Å². The standard InChI is InChI=1S/C14H15NO4/c1-2-3-9-6-14(17)19-12-7-10(4-5-11(9)12)18-8-13(15)16/h4-7H,2-3,8H2,1H3,(H2,15,16). The lowest BCUT2D eigenvalue weighted by molar-refractivity contribution is -0.119. The van der Waals surface area contributed by atoms with Gasteiger partial charge in [-0.15, -0.1) is 0 Å². The summed E-state index contributed by atoms with van der Waals surface area (Å²) in [7, 11) is 0. The summed E-state index contributed by atoms with van der Waals surface area (Å²) in [6, 6.07) is 6.65. The molecule has 100 valence electrons. The molecule has 0 saturated heterocycles. The highest BCUT2D eigenvalue weighted by molar-refractivity contribution is 5.81. The first-order valence-corrected chi connectivity index (χ1v) is 6.08. The molecule has 1 aromatic heterocycles. The van der Waals surface area contributed by atoms with Gasteiger partial charge in [0.1, 0.15) is 11.3 Å². The Morgan fingerprint density at radius 3 is 2.84 bits per heavy atom. The molecule has 5 nitrogen and oxygen atoms in total. The van der Waals surface area contributed by atoms with Crippen LogP contribution < -0.4 is 16.1 Å². The lowest BCUT2D eigenvalue weighted by Gasteiger charge is -2.07. The van der Waals surface area contributed by atoms with Crippen molar-refractivity contribution in [2.24, 2.45) is 5.73 Å². The Morgan fingerprint density at radius 2 is 2.16 bits per heavy atom. The van der Waals surface area contributed by atoms with Crippen molar-refractivity contribution in [3.05, 3.63) is 40.2 Å². The van der Waals surface area contributed by atoms with Gasteiger partial charge in [0, 0.05) is 17.5 Å². The van der Waals surface area contributed by atoms with Crippen LogP contribution in [0.5, 0.6) is 5.75 Å². The first-order chi connectivity index (χ1) is 9.10. The van der Waals surface area contributed by atoms with Gasteiger partial charge in [-0.2, -0.15) is 0 Å². The maximum absolute atomic E-state index is 11.5. The number of benzene rings is 1. The number of aryl methyl sites for hydroxylation is 1. The zero-order chi connectivity index (χ0) is 13.8. The summed E-state index contributed by atoms with van der Waals surface area (Å²) in [5, 5.41) is 0.882. The van der Waals surface area contributed by atoms with Crippen LogP contribution in [0.2, 0.25) is 0 Å². The van der Waals surface area contributed by atoms with Crippen molar-refractivity contribution < 1.29 is 13.9 Å². The molecule has 19 heavy (non-hydrogen) atoms. The number of fused-ring (bicyclic) bond motifs is 1. The summed E-state index contributed by atoms with van der Waals surface area (Å²) >= 11 is 0. The smallest absolute Gasteiger partial charge is 0.336 e. The Labute approximate surface area is 110 Å². The number of nitrogens with two attached hydrogens (primary N) is 1. The summed E-state index contributed by atoms with van der Waals surface area (Å²) in [5.74, 6) is -0.107. The topological polar surface area (TPSA) is 82.5 Å². The molecular formula is C14H15NO4. The molecule has 0 atom stereocenters. The molecule has 0 radical (unpaired) electrons. The number of rotatable bonds is 5. The minimum absolute atomic E-state index is 0.204. The Hall–Kier alpha value is -2.30. The molecule has 1 heterocycles. The summed E-state index contributed by atoms with van der Waals surface area (Å²) in [5.41, 5.74) is 6.03. The Morgan fingerprint density at radius 1 is 1.37 bits per heavy atom. The van der Waals surface area contributed by atoms with Gasteiger partial charge in [-0.3, -0.25) is 4.79 Å². The van der Waals surface area contributed by atoms with Crippen LogP contribution >= 0.6 is 0 Å². The number of ether oxygens (including phenoxy) is 1. The van der Waals surface area contributed by atoms with E-state index in [2.05, 4.69) is 0 Å². The van der Waals surface area contributed by atoms with E-state index in [1.807, 2.05) is 13.0 Å². The van der Waals surface area contributed by atoms with Gasteiger partial charge in [-0.1, -0.05) is 13.3 Å². The molecule has 0 unspecified atom stereocenters. The van der Waals surface area contributed by atoms with Gasteiger partial charge in [0.2, 0.25) is 0 Å². The van der Waals surface area contributed by atoms with Crippen LogP contribution in [0.15, 0.2) is 33.5 Å². The van der Waals surface area contributed by atoms with Crippen LogP contribution in [0.1, 0.15) is 18.9 Å². The molecule has 0 fully saturated rings. The molecule has 2 rings (SSSR count). The van der Waals surface area contributed by atoms with Crippen LogP contribution in [-0.2, 0) is 11.2 Å². The van der Waals surface area contributed by atoms with Crippen molar-refractivity contribution in [1.82, 2.24) is 0 Å². The fourth-order valence-corrected chi connectivity index (χ4v) is 1.93. The molecule has 0 saturated carbocycles. The zero-order valence-corrected chi connectivity index (χ0v) is 10.6. The predicted octanol–water partition coefficient (Wildman–Crippen LogP) is 1.61. The molecule has 0 spiro atoms. The van der Waals surface area contributed by atoms with Crippen LogP contribution in [0.4, 0.5) is 0 Å². The fourth-order valence-electron chi connectivity index (χ4n) is 1.93. The maximum Gasteiger partial charge on any atom is 0.336 e. The number of carbonyl (C=O) groups excluding carboxylic acids is 1. The highest BCUT2D eigenvalue weighted by Gasteiger charge is 2.07. The first kappa shape index (κ1) is 13.1. The quantitative estimate of drug-likeness (QED) is 0.829. The van der Waals surface area contributed by atoms with Crippen LogP contribution in [0.3, 0.4) is 0 Å². The molecule has 0 aliphatic heterocycles. The van der Waals surface area contributed by atoms with E-state index in [1.165, 1.54) is 6.07 Å². The summed E-state index contributed by atoms with van der Waals surface area (Å²) in [4.78, 5) is 22.1. The Bertz CT molecular complexity index is 660. The van der Waals surface area contributed by atoms with Crippen LogP contribution in [0, 0.1) is 0 Å². The van der Waals surface area contributed by atoms with Gasteiger partial charge in [0.05, 0.1) is 0 Å². The van der Waals surface area contributed by atoms with Gasteiger partial charge in [-0.25, -0.2) is 4.79 Å². The average molecular weight is 261 g/mol. The number of primary amides is 1. The third-order valence-corrected chi connectivity index (χ3v) is 2.70. The lowest BCUT2D eigenvalue weighted by atomic mass is 10.1. The van der Waals surface area contributed by atoms with E-state index in [4.69, 9.17) is 14.9 Å². The second-order valence-corrected chi connectivity index (χ2v) is 4.25. The van der Waals surface area contributed by atoms with Crippen molar-refractivity contribution >= 4 is 16.9 Å². The van der Waals surface area contributed by atoms with Gasteiger partial charge >= 0.3 is 5.63 Å². The van der Waals surface area contributed by atoms with E-state index >= 15 is 0 Å². The van der Waals surface area contributed by atoms with Gasteiger partial charge in [-0.05, 0) is 24.1 Å². The van der Waals surface area contributed by atoms with E-state index in [1.54, 1.807) is 12.1 Å². The van der Waals surface area contributed by atoms with E-state index < -0.39 is 5.91 Å². The number of hydrogen-bond donors (Lipinski definition) is 1. The lowest BCUT2D eigenvalue weighted by Crippen LogP contribution is -2.20. The predicted molar refractivity (Wildman–Crippen MR) is 71.2 cm³/mol. The van der Waals surface area contributed by atoms with E-state index in [0.29, 0.717) is 11.3 Å². The third kappa shape index (κ3) is 3.13. The monoisotopic (exact) mass is 261 g/mol. The Balaban J connectivity index is 2.42. The molecule has 0 aliphatic rings. The van der Waals surface area contributed by atoms with Crippen molar-refractivity contribution in [3.63, 3.8) is 0 Å². The van der Waals surface area contributed by atoms with Gasteiger partial charge in [0.15, 0.2) is 6.61 Å². The molecule has 5 heteroatoms. The second-order valence-electron chi connectivity index (χ2n) is 4.25. The summed E-state index contributed by atoms with van der Waals surface area (Å²) < 4.78 is 10.3. The van der Waals surface area contributed by atoms with E-state index in [0.717, 1.165) is 23.8 Å². The number of hydrogen-bond acceptors (Lipinski definition) is 4. The zero-order valence-electron chi connectivity index (χ0n) is 10.6. The van der Waals surface area contributed by atoms with E-state index in [9.17, 15) is 9.59 Å². The fraction of sp³-hybridized carbons (Fsp3) is 0.286. The molecular weight excluding hydrogens is 246 g/mol.